The third kappa shape index (κ3) is 4.81. The quantitative estimate of drug-likeness (QED) is 0.873. The number of carbonyl (C=O) groups excluding carboxylic acids is 1. The molecule has 0 aliphatic carbocycles. The number of carboxylic acids is 1. The Morgan fingerprint density at radius 2 is 1.84 bits per heavy atom. The number of piperidine rings is 1. The molecule has 1 N–H and O–H groups in total. The van der Waals surface area contributed by atoms with Crippen molar-refractivity contribution in [1.82, 2.24) is 19.6 Å². The fraction of sp³-hybridized carbons (Fsp3) is 0.722. The van der Waals surface area contributed by atoms with Crippen LogP contribution in [0.15, 0.2) is 12.3 Å². The predicted octanol–water partition coefficient (Wildman–Crippen LogP) is 1.55. The first-order valence-electron chi connectivity index (χ1n) is 9.37. The number of carboxylic acid groups (broad SMARTS) is 1. The maximum atomic E-state index is 12.7. The molecule has 3 rings (SSSR count). The lowest BCUT2D eigenvalue weighted by atomic mass is 9.94. The highest BCUT2D eigenvalue weighted by Crippen LogP contribution is 2.27. The summed E-state index contributed by atoms with van der Waals surface area (Å²) in [7, 11) is 0. The Morgan fingerprint density at radius 3 is 2.56 bits per heavy atom. The van der Waals surface area contributed by atoms with Crippen molar-refractivity contribution >= 4 is 11.9 Å². The van der Waals surface area contributed by atoms with Gasteiger partial charge in [0.15, 0.2) is 0 Å². The molecule has 1 aromatic rings. The van der Waals surface area contributed by atoms with E-state index in [0.717, 1.165) is 38.2 Å². The molecule has 2 fully saturated rings. The molecule has 1 atom stereocenters. The average molecular weight is 348 g/mol. The summed E-state index contributed by atoms with van der Waals surface area (Å²) in [5, 5.41) is 13.2. The molecule has 7 heteroatoms. The number of nitrogens with zero attached hydrogens (tertiary/aromatic N) is 4. The highest BCUT2D eigenvalue weighted by atomic mass is 16.4. The minimum absolute atomic E-state index is 0.124. The SMILES string of the molecule is O=C(O)Cn1nccc1[C@@H]1CCCN(C(=O)CN2CCCCCC2)C1. The van der Waals surface area contributed by atoms with Gasteiger partial charge in [0, 0.05) is 30.9 Å². The number of amides is 1. The Morgan fingerprint density at radius 1 is 1.08 bits per heavy atom. The minimum Gasteiger partial charge on any atom is -0.480 e. The standard InChI is InChI=1S/C18H28N4O3/c23-17(13-20-9-3-1-2-4-10-20)21-11-5-6-15(12-21)16-7-8-19-22(16)14-18(24)25/h7-8,15H,1-6,9-14H2,(H,24,25)/t15-/m1/s1. The van der Waals surface area contributed by atoms with Crippen molar-refractivity contribution in [3.63, 3.8) is 0 Å². The van der Waals surface area contributed by atoms with Crippen molar-refractivity contribution in [3.8, 4) is 0 Å². The Bertz CT molecular complexity index is 593. The number of hydrogen-bond donors (Lipinski definition) is 1. The molecule has 1 aromatic heterocycles. The number of aromatic nitrogens is 2. The summed E-state index contributed by atoms with van der Waals surface area (Å²) in [4.78, 5) is 28.0. The summed E-state index contributed by atoms with van der Waals surface area (Å²) < 4.78 is 1.55. The van der Waals surface area contributed by atoms with Crippen LogP contribution in [0.5, 0.6) is 0 Å². The van der Waals surface area contributed by atoms with Crippen LogP contribution in [0, 0.1) is 0 Å². The van der Waals surface area contributed by atoms with Crippen LogP contribution < -0.4 is 0 Å². The third-order valence-corrected chi connectivity index (χ3v) is 5.28. The Labute approximate surface area is 148 Å². The molecule has 7 nitrogen and oxygen atoms in total. The van der Waals surface area contributed by atoms with Crippen LogP contribution in [0.3, 0.4) is 0 Å². The van der Waals surface area contributed by atoms with Gasteiger partial charge < -0.3 is 10.0 Å². The van der Waals surface area contributed by atoms with E-state index < -0.39 is 5.97 Å². The lowest BCUT2D eigenvalue weighted by Crippen LogP contribution is -2.45. The molecule has 1 amide bonds. The van der Waals surface area contributed by atoms with Crippen LogP contribution in [-0.2, 0) is 16.1 Å². The molecule has 0 radical (unpaired) electrons. The predicted molar refractivity (Wildman–Crippen MR) is 93.3 cm³/mol. The van der Waals surface area contributed by atoms with Crippen LogP contribution >= 0.6 is 0 Å². The van der Waals surface area contributed by atoms with Gasteiger partial charge in [-0.05, 0) is 44.8 Å². The zero-order valence-electron chi connectivity index (χ0n) is 14.8. The van der Waals surface area contributed by atoms with E-state index in [1.165, 1.54) is 25.7 Å². The van der Waals surface area contributed by atoms with Crippen molar-refractivity contribution in [1.29, 1.82) is 0 Å². The molecule has 2 aliphatic heterocycles. The first kappa shape index (κ1) is 17.9. The highest BCUT2D eigenvalue weighted by molar-refractivity contribution is 5.78. The normalized spacial score (nSPS) is 22.6. The van der Waals surface area contributed by atoms with Gasteiger partial charge in [-0.15, -0.1) is 0 Å². The monoisotopic (exact) mass is 348 g/mol. The number of rotatable bonds is 5. The van der Waals surface area contributed by atoms with Gasteiger partial charge >= 0.3 is 5.97 Å². The third-order valence-electron chi connectivity index (χ3n) is 5.28. The topological polar surface area (TPSA) is 78.7 Å². The van der Waals surface area contributed by atoms with E-state index >= 15 is 0 Å². The lowest BCUT2D eigenvalue weighted by Gasteiger charge is -2.34. The molecule has 2 aliphatic rings. The van der Waals surface area contributed by atoms with Crippen molar-refractivity contribution < 1.29 is 14.7 Å². The smallest absolute Gasteiger partial charge is 0.325 e. The van der Waals surface area contributed by atoms with Gasteiger partial charge in [-0.1, -0.05) is 12.8 Å². The molecular formula is C18H28N4O3. The van der Waals surface area contributed by atoms with Crippen LogP contribution in [0.4, 0.5) is 0 Å². The summed E-state index contributed by atoms with van der Waals surface area (Å²) in [6.45, 7) is 3.90. The van der Waals surface area contributed by atoms with E-state index in [0.29, 0.717) is 13.1 Å². The van der Waals surface area contributed by atoms with Gasteiger partial charge in [-0.2, -0.15) is 5.10 Å². The van der Waals surface area contributed by atoms with Crippen molar-refractivity contribution in [3.05, 3.63) is 18.0 Å². The summed E-state index contributed by atoms with van der Waals surface area (Å²) >= 11 is 0. The van der Waals surface area contributed by atoms with Crippen LogP contribution in [0.2, 0.25) is 0 Å². The fourth-order valence-electron chi connectivity index (χ4n) is 3.98. The zero-order valence-corrected chi connectivity index (χ0v) is 14.8. The molecule has 0 aromatic carbocycles. The Hall–Kier alpha value is -1.89. The van der Waals surface area contributed by atoms with Crippen LogP contribution in [-0.4, -0.2) is 69.3 Å². The van der Waals surface area contributed by atoms with Crippen molar-refractivity contribution in [2.45, 2.75) is 51.0 Å². The summed E-state index contributed by atoms with van der Waals surface area (Å²) in [6.07, 6.45) is 8.48. The second-order valence-corrected chi connectivity index (χ2v) is 7.18. The van der Waals surface area contributed by atoms with E-state index in [4.69, 9.17) is 5.11 Å². The van der Waals surface area contributed by atoms with E-state index in [1.54, 1.807) is 10.9 Å². The Balaban J connectivity index is 1.59. The van der Waals surface area contributed by atoms with Gasteiger partial charge in [-0.3, -0.25) is 19.2 Å². The molecule has 0 spiro atoms. The maximum absolute atomic E-state index is 12.7. The molecule has 3 heterocycles. The first-order chi connectivity index (χ1) is 12.1. The minimum atomic E-state index is -0.894. The summed E-state index contributed by atoms with van der Waals surface area (Å²) in [5.74, 6) is -0.519. The lowest BCUT2D eigenvalue weighted by molar-refractivity contribution is -0.138. The largest absolute Gasteiger partial charge is 0.480 e. The molecule has 0 bridgehead atoms. The van der Waals surface area contributed by atoms with E-state index in [1.807, 2.05) is 11.0 Å². The van der Waals surface area contributed by atoms with Crippen molar-refractivity contribution in [2.24, 2.45) is 0 Å². The molecule has 25 heavy (non-hydrogen) atoms. The first-order valence-corrected chi connectivity index (χ1v) is 9.37. The molecule has 2 saturated heterocycles. The number of carbonyl (C=O) groups is 2. The van der Waals surface area contributed by atoms with E-state index in [-0.39, 0.29) is 18.4 Å². The summed E-state index contributed by atoms with van der Waals surface area (Å²) in [5.41, 5.74) is 0.926. The fourth-order valence-corrected chi connectivity index (χ4v) is 3.98. The highest BCUT2D eigenvalue weighted by Gasteiger charge is 2.28. The van der Waals surface area contributed by atoms with E-state index in [2.05, 4.69) is 10.00 Å². The number of likely N-dealkylation sites (tertiary alicyclic amines) is 2. The second-order valence-electron chi connectivity index (χ2n) is 7.18. The van der Waals surface area contributed by atoms with Gasteiger partial charge in [0.2, 0.25) is 5.91 Å². The molecule has 0 saturated carbocycles. The number of hydrogen-bond acceptors (Lipinski definition) is 4. The maximum Gasteiger partial charge on any atom is 0.325 e. The zero-order chi connectivity index (χ0) is 17.6. The van der Waals surface area contributed by atoms with Crippen LogP contribution in [0.25, 0.3) is 0 Å². The van der Waals surface area contributed by atoms with Gasteiger partial charge in [0.25, 0.3) is 0 Å². The van der Waals surface area contributed by atoms with Crippen LogP contribution in [0.1, 0.15) is 50.1 Å². The number of aliphatic carboxylic acids is 1. The second kappa shape index (κ2) is 8.47. The average Bonchev–Trinajstić information content (AvgIpc) is 2.89. The molecule has 0 unspecified atom stereocenters. The van der Waals surface area contributed by atoms with Crippen molar-refractivity contribution in [2.75, 3.05) is 32.7 Å². The van der Waals surface area contributed by atoms with Gasteiger partial charge in [0.1, 0.15) is 6.54 Å². The van der Waals surface area contributed by atoms with Gasteiger partial charge in [0.05, 0.1) is 6.54 Å². The molecular weight excluding hydrogens is 320 g/mol. The van der Waals surface area contributed by atoms with Gasteiger partial charge in [-0.25, -0.2) is 0 Å². The van der Waals surface area contributed by atoms with E-state index in [9.17, 15) is 9.59 Å². The molecule has 138 valence electrons. The Kier molecular flexibility index (Phi) is 6.07. The summed E-state index contributed by atoms with van der Waals surface area (Å²) in [6, 6.07) is 1.89.